The van der Waals surface area contributed by atoms with Crippen molar-refractivity contribution in [2.75, 3.05) is 24.5 Å². The maximum atomic E-state index is 12.6. The van der Waals surface area contributed by atoms with Crippen LogP contribution in [0.4, 0.5) is 5.69 Å². The van der Waals surface area contributed by atoms with E-state index in [2.05, 4.69) is 21.9 Å². The van der Waals surface area contributed by atoms with Gasteiger partial charge < -0.3 is 10.2 Å². The second kappa shape index (κ2) is 10.1. The van der Waals surface area contributed by atoms with E-state index in [4.69, 9.17) is 11.6 Å². The molecule has 0 heterocycles. The third-order valence-corrected chi connectivity index (χ3v) is 6.37. The SMILES string of the molecule is CCN(CCNC(=O)c1cc(S(=O)(=O)NC(C)C)ccc1Cl)c1ccccc1C. The second-order valence-electron chi connectivity index (χ2n) is 7.04. The maximum absolute atomic E-state index is 12.6. The molecular formula is C21H28ClN3O3S. The highest BCUT2D eigenvalue weighted by Gasteiger charge is 2.19. The van der Waals surface area contributed by atoms with Crippen LogP contribution in [0, 0.1) is 6.92 Å². The lowest BCUT2D eigenvalue weighted by Crippen LogP contribution is -2.35. The van der Waals surface area contributed by atoms with E-state index in [9.17, 15) is 13.2 Å². The Balaban J connectivity index is 2.09. The zero-order valence-corrected chi connectivity index (χ0v) is 18.8. The van der Waals surface area contributed by atoms with Crippen LogP contribution in [-0.4, -0.2) is 40.0 Å². The normalized spacial score (nSPS) is 11.5. The quantitative estimate of drug-likeness (QED) is 0.628. The number of nitrogens with zero attached hydrogens (tertiary/aromatic N) is 1. The summed E-state index contributed by atoms with van der Waals surface area (Å²) in [6.07, 6.45) is 0. The Morgan fingerprint density at radius 1 is 1.17 bits per heavy atom. The summed E-state index contributed by atoms with van der Waals surface area (Å²) in [5, 5.41) is 3.04. The minimum atomic E-state index is -3.71. The molecule has 2 aromatic carbocycles. The summed E-state index contributed by atoms with van der Waals surface area (Å²) in [6.45, 7) is 9.39. The number of rotatable bonds is 9. The van der Waals surface area contributed by atoms with Gasteiger partial charge in [-0.1, -0.05) is 29.8 Å². The first kappa shape index (κ1) is 23.2. The molecule has 0 fully saturated rings. The van der Waals surface area contributed by atoms with Gasteiger partial charge in [0.25, 0.3) is 5.91 Å². The topological polar surface area (TPSA) is 78.5 Å². The van der Waals surface area contributed by atoms with Gasteiger partial charge in [-0.15, -0.1) is 0 Å². The number of amides is 1. The molecule has 0 spiro atoms. The Hall–Kier alpha value is -2.09. The molecule has 0 atom stereocenters. The fourth-order valence-corrected chi connectivity index (χ4v) is 4.47. The molecule has 0 aliphatic rings. The van der Waals surface area contributed by atoms with Gasteiger partial charge in [0.1, 0.15) is 0 Å². The summed E-state index contributed by atoms with van der Waals surface area (Å²) < 4.78 is 27.2. The average Bonchev–Trinajstić information content (AvgIpc) is 2.65. The van der Waals surface area contributed by atoms with Gasteiger partial charge in [-0.25, -0.2) is 13.1 Å². The molecule has 2 N–H and O–H groups in total. The Kier molecular flexibility index (Phi) is 8.07. The number of benzene rings is 2. The van der Waals surface area contributed by atoms with E-state index in [-0.39, 0.29) is 21.5 Å². The van der Waals surface area contributed by atoms with E-state index in [0.717, 1.165) is 12.2 Å². The molecule has 0 aliphatic carbocycles. The van der Waals surface area contributed by atoms with Crippen molar-refractivity contribution in [2.45, 2.75) is 38.6 Å². The number of likely N-dealkylation sites (N-methyl/N-ethyl adjacent to an activating group) is 1. The molecule has 158 valence electrons. The lowest BCUT2D eigenvalue weighted by molar-refractivity contribution is 0.0954. The number of nitrogens with one attached hydrogen (secondary N) is 2. The zero-order chi connectivity index (χ0) is 21.6. The third kappa shape index (κ3) is 6.19. The number of carbonyl (C=O) groups excluding carboxylic acids is 1. The molecule has 2 rings (SSSR count). The average molecular weight is 438 g/mol. The van der Waals surface area contributed by atoms with Crippen LogP contribution in [0.3, 0.4) is 0 Å². The van der Waals surface area contributed by atoms with E-state index >= 15 is 0 Å². The van der Waals surface area contributed by atoms with Crippen molar-refractivity contribution in [1.29, 1.82) is 0 Å². The predicted molar refractivity (Wildman–Crippen MR) is 118 cm³/mol. The summed E-state index contributed by atoms with van der Waals surface area (Å²) in [5.41, 5.74) is 2.42. The molecule has 0 bridgehead atoms. The Morgan fingerprint density at radius 2 is 1.86 bits per heavy atom. The minimum Gasteiger partial charge on any atom is -0.370 e. The van der Waals surface area contributed by atoms with Crippen LogP contribution < -0.4 is 14.9 Å². The van der Waals surface area contributed by atoms with Crippen LogP contribution >= 0.6 is 11.6 Å². The maximum Gasteiger partial charge on any atom is 0.252 e. The molecule has 2 aromatic rings. The van der Waals surface area contributed by atoms with Crippen LogP contribution in [0.2, 0.25) is 5.02 Å². The van der Waals surface area contributed by atoms with E-state index in [1.165, 1.54) is 23.8 Å². The smallest absolute Gasteiger partial charge is 0.252 e. The van der Waals surface area contributed by atoms with Crippen molar-refractivity contribution in [2.24, 2.45) is 0 Å². The van der Waals surface area contributed by atoms with Gasteiger partial charge in [-0.2, -0.15) is 0 Å². The number of halogens is 1. The summed E-state index contributed by atoms with van der Waals surface area (Å²) in [6, 6.07) is 11.9. The highest BCUT2D eigenvalue weighted by Crippen LogP contribution is 2.21. The molecule has 29 heavy (non-hydrogen) atoms. The monoisotopic (exact) mass is 437 g/mol. The molecule has 8 heteroatoms. The molecule has 0 unspecified atom stereocenters. The summed E-state index contributed by atoms with van der Waals surface area (Å²) in [4.78, 5) is 14.8. The van der Waals surface area contributed by atoms with E-state index in [1.54, 1.807) is 13.8 Å². The predicted octanol–water partition coefficient (Wildman–Crippen LogP) is 3.59. The van der Waals surface area contributed by atoms with Crippen molar-refractivity contribution in [3.63, 3.8) is 0 Å². The first-order chi connectivity index (χ1) is 13.7. The molecule has 0 radical (unpaired) electrons. The lowest BCUT2D eigenvalue weighted by atomic mass is 10.2. The second-order valence-corrected chi connectivity index (χ2v) is 9.16. The van der Waals surface area contributed by atoms with Crippen LogP contribution in [0.25, 0.3) is 0 Å². The van der Waals surface area contributed by atoms with Crippen molar-refractivity contribution in [1.82, 2.24) is 10.0 Å². The Labute approximate surface area is 178 Å². The number of anilines is 1. The van der Waals surface area contributed by atoms with Crippen LogP contribution in [-0.2, 0) is 10.0 Å². The van der Waals surface area contributed by atoms with Gasteiger partial charge in [-0.3, -0.25) is 4.79 Å². The highest BCUT2D eigenvalue weighted by atomic mass is 35.5. The van der Waals surface area contributed by atoms with E-state index in [1.807, 2.05) is 31.2 Å². The van der Waals surface area contributed by atoms with Crippen molar-refractivity contribution in [3.8, 4) is 0 Å². The number of carbonyl (C=O) groups is 1. The van der Waals surface area contributed by atoms with Gasteiger partial charge >= 0.3 is 0 Å². The summed E-state index contributed by atoms with van der Waals surface area (Å²) >= 11 is 6.15. The number of para-hydroxylation sites is 1. The van der Waals surface area contributed by atoms with Crippen molar-refractivity contribution in [3.05, 3.63) is 58.6 Å². The molecule has 1 amide bonds. The lowest BCUT2D eigenvalue weighted by Gasteiger charge is -2.25. The fraction of sp³-hybridized carbons (Fsp3) is 0.381. The Morgan fingerprint density at radius 3 is 2.48 bits per heavy atom. The van der Waals surface area contributed by atoms with Gasteiger partial charge in [0.15, 0.2) is 0 Å². The van der Waals surface area contributed by atoms with E-state index < -0.39 is 15.9 Å². The first-order valence-electron chi connectivity index (χ1n) is 9.56. The number of sulfonamides is 1. The van der Waals surface area contributed by atoms with Gasteiger partial charge in [-0.05, 0) is 57.5 Å². The van der Waals surface area contributed by atoms with Crippen molar-refractivity contribution < 1.29 is 13.2 Å². The highest BCUT2D eigenvalue weighted by molar-refractivity contribution is 7.89. The molecule has 0 aromatic heterocycles. The summed E-state index contributed by atoms with van der Waals surface area (Å²) in [5.74, 6) is -0.405. The number of hydrogen-bond acceptors (Lipinski definition) is 4. The molecule has 0 saturated carbocycles. The van der Waals surface area contributed by atoms with Crippen LogP contribution in [0.5, 0.6) is 0 Å². The largest absolute Gasteiger partial charge is 0.370 e. The van der Waals surface area contributed by atoms with Gasteiger partial charge in [0, 0.05) is 31.4 Å². The van der Waals surface area contributed by atoms with Crippen LogP contribution in [0.15, 0.2) is 47.4 Å². The van der Waals surface area contributed by atoms with Crippen molar-refractivity contribution >= 4 is 33.2 Å². The number of hydrogen-bond donors (Lipinski definition) is 2. The fourth-order valence-electron chi connectivity index (χ4n) is 2.99. The molecular weight excluding hydrogens is 410 g/mol. The van der Waals surface area contributed by atoms with Gasteiger partial charge in [0.2, 0.25) is 10.0 Å². The Bertz CT molecular complexity index is 961. The standard InChI is InChI=1S/C21H28ClN3O3S/c1-5-25(20-9-7-6-8-16(20)4)13-12-23-21(26)18-14-17(10-11-19(18)22)29(27,28)24-15(2)3/h6-11,14-15,24H,5,12-13H2,1-4H3,(H,23,26). The zero-order valence-electron chi connectivity index (χ0n) is 17.2. The molecule has 0 aliphatic heterocycles. The first-order valence-corrected chi connectivity index (χ1v) is 11.4. The third-order valence-electron chi connectivity index (χ3n) is 4.39. The molecule has 6 nitrogen and oxygen atoms in total. The molecule has 0 saturated heterocycles. The van der Waals surface area contributed by atoms with E-state index in [0.29, 0.717) is 13.1 Å². The van der Waals surface area contributed by atoms with Gasteiger partial charge in [0.05, 0.1) is 15.5 Å². The van der Waals surface area contributed by atoms with Crippen LogP contribution in [0.1, 0.15) is 36.7 Å². The minimum absolute atomic E-state index is 0.0100. The summed E-state index contributed by atoms with van der Waals surface area (Å²) in [7, 11) is -3.71. The number of aryl methyl sites for hydroxylation is 1.